The average molecular weight is 445 g/mol. The van der Waals surface area contributed by atoms with E-state index in [0.29, 0.717) is 23.0 Å². The van der Waals surface area contributed by atoms with Crippen molar-refractivity contribution in [2.75, 3.05) is 0 Å². The van der Waals surface area contributed by atoms with Crippen molar-refractivity contribution < 1.29 is 23.6 Å². The van der Waals surface area contributed by atoms with Crippen LogP contribution in [0.4, 0.5) is 0 Å². The predicted octanol–water partition coefficient (Wildman–Crippen LogP) is 1.48. The third kappa shape index (κ3) is 3.78. The second kappa shape index (κ2) is 8.01. The highest BCUT2D eigenvalue weighted by molar-refractivity contribution is 6.05. The maximum absolute atomic E-state index is 12.8. The molecule has 2 aliphatic heterocycles. The molecule has 2 aromatic carbocycles. The fourth-order valence-electron chi connectivity index (χ4n) is 4.24. The molecule has 2 aliphatic rings. The number of amides is 4. The van der Waals surface area contributed by atoms with Crippen LogP contribution in [0.3, 0.4) is 0 Å². The lowest BCUT2D eigenvalue weighted by molar-refractivity contribution is -0.136. The summed E-state index contributed by atoms with van der Waals surface area (Å²) in [5.74, 6) is -1.62. The van der Waals surface area contributed by atoms with Crippen LogP contribution in [0.5, 0.6) is 0 Å². The molecule has 1 saturated heterocycles. The summed E-state index contributed by atoms with van der Waals surface area (Å²) < 4.78 is 5.21. The van der Waals surface area contributed by atoms with Gasteiger partial charge in [0, 0.05) is 30.5 Å². The van der Waals surface area contributed by atoms with Crippen molar-refractivity contribution in [3.8, 4) is 0 Å². The third-order valence-corrected chi connectivity index (χ3v) is 5.93. The second-order valence-electron chi connectivity index (χ2n) is 8.06. The minimum absolute atomic E-state index is 0.0888. The Balaban J connectivity index is 1.29. The maximum atomic E-state index is 12.8. The Morgan fingerprint density at radius 3 is 2.73 bits per heavy atom. The summed E-state index contributed by atoms with van der Waals surface area (Å²) in [5, 5.41) is 5.63. The lowest BCUT2D eigenvalue weighted by atomic mass is 10.0. The number of benzene rings is 2. The number of rotatable bonds is 4. The SMILES string of the molecule is O=C1CCC(N2Cc3cc(CNC(=O)c4cc5ccccc5oc4=O)ccc3C2=O)C(=O)N1. The Bertz CT molecular complexity index is 1390. The van der Waals surface area contributed by atoms with Crippen molar-refractivity contribution in [1.29, 1.82) is 0 Å². The van der Waals surface area contributed by atoms with Crippen LogP contribution in [0.25, 0.3) is 11.0 Å². The average Bonchev–Trinajstić information content (AvgIpc) is 3.12. The van der Waals surface area contributed by atoms with E-state index in [1.807, 2.05) is 0 Å². The van der Waals surface area contributed by atoms with Crippen LogP contribution >= 0.6 is 0 Å². The van der Waals surface area contributed by atoms with Crippen molar-refractivity contribution in [2.24, 2.45) is 0 Å². The number of para-hydroxylation sites is 1. The van der Waals surface area contributed by atoms with Gasteiger partial charge in [0.2, 0.25) is 11.8 Å². The molecular formula is C24H19N3O6. The fourth-order valence-corrected chi connectivity index (χ4v) is 4.24. The van der Waals surface area contributed by atoms with Gasteiger partial charge in [-0.2, -0.15) is 0 Å². The minimum atomic E-state index is -0.717. The smallest absolute Gasteiger partial charge is 0.349 e. The van der Waals surface area contributed by atoms with Gasteiger partial charge in [0.25, 0.3) is 11.8 Å². The summed E-state index contributed by atoms with van der Waals surface area (Å²) in [6.07, 6.45) is 0.484. The summed E-state index contributed by atoms with van der Waals surface area (Å²) in [7, 11) is 0. The molecule has 0 radical (unpaired) electrons. The van der Waals surface area contributed by atoms with Gasteiger partial charge in [-0.15, -0.1) is 0 Å². The number of hydrogen-bond donors (Lipinski definition) is 2. The van der Waals surface area contributed by atoms with Crippen molar-refractivity contribution in [2.45, 2.75) is 32.0 Å². The summed E-state index contributed by atoms with van der Waals surface area (Å²) >= 11 is 0. The fraction of sp³-hybridized carbons (Fsp3) is 0.208. The Kier molecular flexibility index (Phi) is 5.01. The van der Waals surface area contributed by atoms with Gasteiger partial charge in [0.1, 0.15) is 17.2 Å². The van der Waals surface area contributed by atoms with Crippen LogP contribution < -0.4 is 16.3 Å². The first-order chi connectivity index (χ1) is 15.9. The standard InChI is InChI=1S/C24H19N3O6/c28-20-8-7-18(22(30)26-20)27-12-15-9-13(5-6-16(15)23(27)31)11-25-21(29)17-10-14-3-1-2-4-19(14)33-24(17)32/h1-6,9-10,18H,7-8,11-12H2,(H,25,29)(H,26,28,30). The number of carbonyl (C=O) groups is 4. The molecule has 1 fully saturated rings. The van der Waals surface area contributed by atoms with Crippen molar-refractivity contribution in [3.63, 3.8) is 0 Å². The summed E-state index contributed by atoms with van der Waals surface area (Å²) in [4.78, 5) is 62.6. The van der Waals surface area contributed by atoms with Crippen LogP contribution in [0.15, 0.2) is 57.7 Å². The first-order valence-corrected chi connectivity index (χ1v) is 10.5. The maximum Gasteiger partial charge on any atom is 0.349 e. The van der Waals surface area contributed by atoms with E-state index in [4.69, 9.17) is 4.42 Å². The van der Waals surface area contributed by atoms with E-state index in [-0.39, 0.29) is 36.9 Å². The van der Waals surface area contributed by atoms with Crippen LogP contribution in [-0.4, -0.2) is 34.6 Å². The van der Waals surface area contributed by atoms with E-state index < -0.39 is 23.5 Å². The Morgan fingerprint density at radius 2 is 1.91 bits per heavy atom. The van der Waals surface area contributed by atoms with Gasteiger partial charge in [0.05, 0.1) is 0 Å². The number of nitrogens with zero attached hydrogens (tertiary/aromatic N) is 1. The van der Waals surface area contributed by atoms with Gasteiger partial charge in [-0.3, -0.25) is 24.5 Å². The second-order valence-corrected chi connectivity index (χ2v) is 8.06. The van der Waals surface area contributed by atoms with Crippen molar-refractivity contribution >= 4 is 34.6 Å². The van der Waals surface area contributed by atoms with E-state index >= 15 is 0 Å². The number of hydrogen-bond acceptors (Lipinski definition) is 6. The van der Waals surface area contributed by atoms with E-state index in [9.17, 15) is 24.0 Å². The van der Waals surface area contributed by atoms with E-state index in [1.54, 1.807) is 42.5 Å². The van der Waals surface area contributed by atoms with E-state index in [1.165, 1.54) is 11.0 Å². The lowest BCUT2D eigenvalue weighted by Crippen LogP contribution is -2.52. The van der Waals surface area contributed by atoms with Crippen LogP contribution in [0.1, 0.15) is 44.7 Å². The van der Waals surface area contributed by atoms with Crippen LogP contribution in [0.2, 0.25) is 0 Å². The Labute approximate surface area is 187 Å². The Hall–Kier alpha value is -4.27. The largest absolute Gasteiger partial charge is 0.422 e. The normalized spacial score (nSPS) is 17.8. The van der Waals surface area contributed by atoms with Gasteiger partial charge >= 0.3 is 5.63 Å². The molecule has 3 heterocycles. The molecule has 9 heteroatoms. The molecule has 1 aromatic heterocycles. The first kappa shape index (κ1) is 20.6. The number of imide groups is 1. The molecule has 33 heavy (non-hydrogen) atoms. The van der Waals surface area contributed by atoms with Gasteiger partial charge in [-0.1, -0.05) is 30.3 Å². The highest BCUT2D eigenvalue weighted by Crippen LogP contribution is 2.28. The molecule has 1 unspecified atom stereocenters. The zero-order valence-corrected chi connectivity index (χ0v) is 17.4. The zero-order chi connectivity index (χ0) is 23.1. The Morgan fingerprint density at radius 1 is 1.09 bits per heavy atom. The number of nitrogens with one attached hydrogen (secondary N) is 2. The molecule has 0 bridgehead atoms. The monoisotopic (exact) mass is 445 g/mol. The van der Waals surface area contributed by atoms with Gasteiger partial charge in [-0.25, -0.2) is 4.79 Å². The lowest BCUT2D eigenvalue weighted by Gasteiger charge is -2.29. The van der Waals surface area contributed by atoms with E-state index in [0.717, 1.165) is 11.1 Å². The molecule has 0 spiro atoms. The van der Waals surface area contributed by atoms with Crippen LogP contribution in [-0.2, 0) is 22.7 Å². The summed E-state index contributed by atoms with van der Waals surface area (Å²) in [6.45, 7) is 0.390. The summed E-state index contributed by atoms with van der Waals surface area (Å²) in [5.41, 5.74) is 1.57. The molecule has 4 amide bonds. The molecule has 3 aromatic rings. The minimum Gasteiger partial charge on any atom is -0.422 e. The third-order valence-electron chi connectivity index (χ3n) is 5.93. The van der Waals surface area contributed by atoms with Gasteiger partial charge in [0.15, 0.2) is 0 Å². The molecule has 166 valence electrons. The molecule has 0 saturated carbocycles. The predicted molar refractivity (Wildman–Crippen MR) is 116 cm³/mol. The highest BCUT2D eigenvalue weighted by Gasteiger charge is 2.39. The summed E-state index contributed by atoms with van der Waals surface area (Å²) in [6, 6.07) is 12.9. The number of fused-ring (bicyclic) bond motifs is 2. The quantitative estimate of drug-likeness (QED) is 0.463. The highest BCUT2D eigenvalue weighted by atomic mass is 16.4. The molecule has 9 nitrogen and oxygen atoms in total. The molecule has 1 atom stereocenters. The van der Waals surface area contributed by atoms with Crippen molar-refractivity contribution in [1.82, 2.24) is 15.5 Å². The van der Waals surface area contributed by atoms with Gasteiger partial charge < -0.3 is 14.6 Å². The van der Waals surface area contributed by atoms with Crippen LogP contribution in [0, 0.1) is 0 Å². The van der Waals surface area contributed by atoms with E-state index in [2.05, 4.69) is 10.6 Å². The zero-order valence-electron chi connectivity index (χ0n) is 17.4. The molecule has 0 aliphatic carbocycles. The first-order valence-electron chi connectivity index (χ1n) is 10.5. The molecule has 5 rings (SSSR count). The molecular weight excluding hydrogens is 426 g/mol. The van der Waals surface area contributed by atoms with Crippen molar-refractivity contribution in [3.05, 3.63) is 81.2 Å². The number of carbonyl (C=O) groups excluding carboxylic acids is 4. The number of piperidine rings is 1. The molecule has 2 N–H and O–H groups in total. The van der Waals surface area contributed by atoms with Gasteiger partial charge in [-0.05, 0) is 35.7 Å². The topological polar surface area (TPSA) is 126 Å².